The number of rotatable bonds is 14. The van der Waals surface area contributed by atoms with Crippen molar-refractivity contribution >= 4 is 46.5 Å². The Balaban J connectivity index is 1.16. The molecular formula is C37H38Cl2FN3O7S. The van der Waals surface area contributed by atoms with Crippen LogP contribution >= 0.6 is 34.5 Å². The van der Waals surface area contributed by atoms with Crippen molar-refractivity contribution in [3.8, 4) is 11.5 Å². The first-order chi connectivity index (χ1) is 24.6. The van der Waals surface area contributed by atoms with E-state index in [-0.39, 0.29) is 41.5 Å². The molecule has 3 aliphatic rings. The van der Waals surface area contributed by atoms with Gasteiger partial charge >= 0.3 is 11.9 Å². The Bertz CT molecular complexity index is 1850. The maximum Gasteiger partial charge on any atom is 0.348 e. The molecule has 10 nitrogen and oxygen atoms in total. The molecule has 14 heteroatoms. The van der Waals surface area contributed by atoms with Gasteiger partial charge in [-0.25, -0.2) is 9.18 Å². The Hall–Kier alpha value is -3.94. The van der Waals surface area contributed by atoms with E-state index in [0.29, 0.717) is 43.7 Å². The molecule has 270 valence electrons. The largest absolute Gasteiger partial charge is 0.619 e. The van der Waals surface area contributed by atoms with Crippen molar-refractivity contribution in [2.75, 3.05) is 33.9 Å². The van der Waals surface area contributed by atoms with Gasteiger partial charge in [-0.15, -0.1) is 11.3 Å². The molecule has 0 saturated carbocycles. The second-order valence-corrected chi connectivity index (χ2v) is 14.6. The summed E-state index contributed by atoms with van der Waals surface area (Å²) < 4.78 is 38.3. The van der Waals surface area contributed by atoms with Crippen molar-refractivity contribution in [1.29, 1.82) is 0 Å². The van der Waals surface area contributed by atoms with Gasteiger partial charge in [0.05, 0.1) is 20.6 Å². The first-order valence-electron chi connectivity index (χ1n) is 16.6. The third-order valence-electron chi connectivity index (χ3n) is 9.39. The molecule has 2 aromatic heterocycles. The summed E-state index contributed by atoms with van der Waals surface area (Å²) >= 11 is 14.0. The number of carbonyl (C=O) groups excluding carboxylic acids is 2. The zero-order valence-electron chi connectivity index (χ0n) is 28.1. The number of hydrogen-bond donors (Lipinski definition) is 1. The summed E-state index contributed by atoms with van der Waals surface area (Å²) in [5.74, 6) is -0.118. The average molecular weight is 759 g/mol. The molecule has 7 rings (SSSR count). The number of ether oxygens (including phenoxy) is 4. The van der Waals surface area contributed by atoms with Gasteiger partial charge < -0.3 is 29.5 Å². The minimum absolute atomic E-state index is 0.0472. The summed E-state index contributed by atoms with van der Waals surface area (Å²) in [5.41, 5.74) is 1.38. The maximum absolute atomic E-state index is 15.0. The Morgan fingerprint density at radius 1 is 1.04 bits per heavy atom. The Morgan fingerprint density at radius 2 is 1.76 bits per heavy atom. The van der Waals surface area contributed by atoms with Crippen molar-refractivity contribution in [2.45, 2.75) is 50.5 Å². The molecule has 1 unspecified atom stereocenters. The Labute approximate surface area is 309 Å². The fourth-order valence-corrected chi connectivity index (χ4v) is 8.10. The predicted molar refractivity (Wildman–Crippen MR) is 191 cm³/mol. The third-order valence-corrected chi connectivity index (χ3v) is 11.1. The second-order valence-electron chi connectivity index (χ2n) is 12.6. The van der Waals surface area contributed by atoms with Crippen LogP contribution in [0.2, 0.25) is 10.0 Å². The molecule has 51 heavy (non-hydrogen) atoms. The fourth-order valence-electron chi connectivity index (χ4n) is 6.66. The van der Waals surface area contributed by atoms with Gasteiger partial charge in [-0.2, -0.15) is 4.73 Å². The van der Waals surface area contributed by atoms with Gasteiger partial charge in [0, 0.05) is 41.6 Å². The summed E-state index contributed by atoms with van der Waals surface area (Å²) in [6, 6.07) is 14.3. The van der Waals surface area contributed by atoms with Crippen molar-refractivity contribution < 1.29 is 37.7 Å². The molecule has 0 radical (unpaired) electrons. The van der Waals surface area contributed by atoms with E-state index < -0.39 is 23.9 Å². The van der Waals surface area contributed by atoms with Crippen LogP contribution in [-0.2, 0) is 27.2 Å². The van der Waals surface area contributed by atoms with Crippen molar-refractivity contribution in [3.63, 3.8) is 0 Å². The molecule has 0 spiro atoms. The van der Waals surface area contributed by atoms with Gasteiger partial charge in [0.15, 0.2) is 23.9 Å². The minimum atomic E-state index is -0.869. The van der Waals surface area contributed by atoms with Crippen molar-refractivity contribution in [3.05, 3.63) is 115 Å². The number of piperidine rings is 3. The van der Waals surface area contributed by atoms with E-state index in [9.17, 15) is 19.2 Å². The number of thiophene rings is 1. The van der Waals surface area contributed by atoms with E-state index in [4.69, 9.17) is 42.1 Å². The molecule has 3 saturated heterocycles. The Kier molecular flexibility index (Phi) is 12.0. The summed E-state index contributed by atoms with van der Waals surface area (Å²) in [7, 11) is 3.02. The second kappa shape index (κ2) is 16.6. The van der Waals surface area contributed by atoms with Crippen LogP contribution in [0.25, 0.3) is 0 Å². The number of aromatic nitrogens is 1. The topological polar surface area (TPSA) is 113 Å². The lowest BCUT2D eigenvalue weighted by atomic mass is 9.86. The third kappa shape index (κ3) is 8.93. The fraction of sp³-hybridized carbons (Fsp3) is 0.378. The SMILES string of the molecule is COc1ccc(C(Cc2c(Cl)c[n+]([O-])cc2Cl)OC(=O)c2ccc(CN[C@@H](CC(=O)O[C@H]3CN4CCC3CC4)c3ccccc3F)s2)cc1OC. The molecule has 0 aliphatic carbocycles. The highest BCUT2D eigenvalue weighted by atomic mass is 35.5. The lowest BCUT2D eigenvalue weighted by Crippen LogP contribution is -2.52. The highest BCUT2D eigenvalue weighted by Gasteiger charge is 2.37. The van der Waals surface area contributed by atoms with E-state index in [2.05, 4.69) is 10.2 Å². The molecule has 3 fully saturated rings. The van der Waals surface area contributed by atoms with E-state index in [1.54, 1.807) is 48.5 Å². The lowest BCUT2D eigenvalue weighted by molar-refractivity contribution is -0.605. The van der Waals surface area contributed by atoms with E-state index in [1.165, 1.54) is 44.0 Å². The molecular weight excluding hydrogens is 720 g/mol. The molecule has 4 aromatic rings. The zero-order valence-corrected chi connectivity index (χ0v) is 30.4. The van der Waals surface area contributed by atoms with Crippen LogP contribution in [0, 0.1) is 16.9 Å². The number of nitrogens with zero attached hydrogens (tertiary/aromatic N) is 2. The van der Waals surface area contributed by atoms with Crippen LogP contribution in [-0.4, -0.2) is 56.8 Å². The van der Waals surface area contributed by atoms with Crippen LogP contribution in [0.3, 0.4) is 0 Å². The van der Waals surface area contributed by atoms with Gasteiger partial charge in [-0.1, -0.05) is 47.5 Å². The first-order valence-corrected chi connectivity index (χ1v) is 18.2. The number of pyridine rings is 1. The van der Waals surface area contributed by atoms with E-state index >= 15 is 0 Å². The predicted octanol–water partition coefficient (Wildman–Crippen LogP) is 6.84. The van der Waals surface area contributed by atoms with Crippen LogP contribution in [0.1, 0.15) is 62.6 Å². The van der Waals surface area contributed by atoms with Gasteiger partial charge in [0.25, 0.3) is 0 Å². The number of hydrogen-bond acceptors (Lipinski definition) is 10. The minimum Gasteiger partial charge on any atom is -0.619 e. The zero-order chi connectivity index (χ0) is 36.1. The molecule has 0 amide bonds. The van der Waals surface area contributed by atoms with Gasteiger partial charge in [0.2, 0.25) is 0 Å². The number of esters is 2. The lowest BCUT2D eigenvalue weighted by Gasteiger charge is -2.44. The summed E-state index contributed by atoms with van der Waals surface area (Å²) in [6.45, 7) is 3.06. The summed E-state index contributed by atoms with van der Waals surface area (Å²) in [6.07, 6.45) is 3.40. The Morgan fingerprint density at radius 3 is 2.43 bits per heavy atom. The molecule has 3 atom stereocenters. The van der Waals surface area contributed by atoms with Gasteiger partial charge in [-0.05, 0) is 67.7 Å². The molecule has 2 bridgehead atoms. The van der Waals surface area contributed by atoms with Gasteiger partial charge in [-0.3, -0.25) is 9.69 Å². The number of carbonyl (C=O) groups is 2. The number of fused-ring (bicyclic) bond motifs is 3. The normalized spacial score (nSPS) is 19.3. The molecule has 1 N–H and O–H groups in total. The number of benzene rings is 2. The molecule has 5 heterocycles. The van der Waals surface area contributed by atoms with Crippen molar-refractivity contribution in [2.24, 2.45) is 5.92 Å². The molecule has 2 aromatic carbocycles. The molecule has 3 aliphatic heterocycles. The van der Waals surface area contributed by atoms with Crippen LogP contribution < -0.4 is 19.5 Å². The van der Waals surface area contributed by atoms with Crippen molar-refractivity contribution in [1.82, 2.24) is 10.2 Å². The monoisotopic (exact) mass is 757 g/mol. The summed E-state index contributed by atoms with van der Waals surface area (Å²) in [5, 5.41) is 15.4. The number of methoxy groups -OCH3 is 2. The van der Waals surface area contributed by atoms with Crippen LogP contribution in [0.15, 0.2) is 67.0 Å². The van der Waals surface area contributed by atoms with Crippen LogP contribution in [0.5, 0.6) is 11.5 Å². The first kappa shape index (κ1) is 36.8. The number of nitrogens with one attached hydrogen (secondary N) is 1. The van der Waals surface area contributed by atoms with E-state index in [0.717, 1.165) is 37.4 Å². The maximum atomic E-state index is 15.0. The smallest absolute Gasteiger partial charge is 0.348 e. The highest BCUT2D eigenvalue weighted by molar-refractivity contribution is 7.13. The van der Waals surface area contributed by atoms with Gasteiger partial charge in [0.1, 0.15) is 32.9 Å². The quantitative estimate of drug-likeness (QED) is 0.0839. The number of halogens is 3. The van der Waals surface area contributed by atoms with E-state index in [1.807, 2.05) is 0 Å². The summed E-state index contributed by atoms with van der Waals surface area (Å²) in [4.78, 5) is 30.2. The average Bonchev–Trinajstić information content (AvgIpc) is 3.61. The highest BCUT2D eigenvalue weighted by Crippen LogP contribution is 2.36. The van der Waals surface area contributed by atoms with Crippen LogP contribution in [0.4, 0.5) is 4.39 Å². The standard InChI is InChI=1S/C37H38Cl2FN3O7S/c1-47-31-9-7-23(15-33(31)48-2)32(16-26-27(38)19-43(46)20-28(26)39)50-37(45)35-10-8-24(51-35)18-41-30(25-5-3-4-6-29(25)40)17-36(44)49-34-21-42-13-11-22(34)12-14-42/h3-10,15,19-20,22,30,32,34,41H,11-14,16-18,21H2,1-2H3/t30-,32?,34-/m0/s1.